The Labute approximate surface area is 208 Å². The number of benzene rings is 2. The van der Waals surface area contributed by atoms with Crippen molar-refractivity contribution >= 4 is 44.2 Å². The van der Waals surface area contributed by atoms with E-state index in [1.807, 2.05) is 0 Å². The Hall–Kier alpha value is -3.38. The number of anilines is 1. The molecule has 0 spiro atoms. The molecule has 188 valence electrons. The predicted octanol–water partition coefficient (Wildman–Crippen LogP) is 7.24. The number of thiazole rings is 1. The topological polar surface area (TPSA) is 55.3 Å². The molecule has 0 aliphatic carbocycles. The zero-order valence-corrected chi connectivity index (χ0v) is 19.7. The number of ether oxygens (including phenoxy) is 1. The Kier molecular flexibility index (Phi) is 6.84. The van der Waals surface area contributed by atoms with Gasteiger partial charge in [0.25, 0.3) is 5.91 Å². The largest absolute Gasteiger partial charge is 0.494 e. The molecule has 0 saturated heterocycles. The van der Waals surface area contributed by atoms with E-state index in [-0.39, 0.29) is 28.3 Å². The molecule has 0 bridgehead atoms. The van der Waals surface area contributed by atoms with Crippen LogP contribution in [0.4, 0.5) is 31.5 Å². The summed E-state index contributed by atoms with van der Waals surface area (Å²) in [6.07, 6.45) is -7.34. The highest BCUT2D eigenvalue weighted by molar-refractivity contribution is 7.23. The van der Waals surface area contributed by atoms with Crippen LogP contribution in [0.1, 0.15) is 27.0 Å². The van der Waals surface area contributed by atoms with E-state index in [2.05, 4.69) is 9.97 Å². The zero-order valence-electron chi connectivity index (χ0n) is 18.1. The van der Waals surface area contributed by atoms with Gasteiger partial charge in [-0.3, -0.25) is 14.7 Å². The molecule has 2 aromatic carbocycles. The normalized spacial score (nSPS) is 12.1. The number of nitrogens with zero attached hydrogens (tertiary/aromatic N) is 3. The quantitative estimate of drug-likeness (QED) is 0.248. The maximum Gasteiger partial charge on any atom is 0.416 e. The zero-order chi connectivity index (χ0) is 26.3. The van der Waals surface area contributed by atoms with Crippen LogP contribution in [0.3, 0.4) is 0 Å². The molecule has 0 N–H and O–H groups in total. The second kappa shape index (κ2) is 9.58. The number of pyridine rings is 1. The van der Waals surface area contributed by atoms with Crippen LogP contribution in [0.15, 0.2) is 54.9 Å². The van der Waals surface area contributed by atoms with Gasteiger partial charge in [-0.2, -0.15) is 26.3 Å². The van der Waals surface area contributed by atoms with E-state index in [0.29, 0.717) is 28.1 Å². The third-order valence-corrected chi connectivity index (χ3v) is 6.58. The standard InChI is InChI=1S/C23H14ClF6N3O2S/c1-35-17-5-4-16(24)19-18(17)32-21(36-19)33(11-12-3-2-6-31-10-12)20(34)13-7-14(22(25,26)27)9-15(8-13)23(28,29)30/h2-10H,11H2,1H3. The number of carbonyl (C=O) groups is 1. The first-order valence-corrected chi connectivity index (χ1v) is 11.2. The summed E-state index contributed by atoms with van der Waals surface area (Å²) in [4.78, 5) is 22.8. The van der Waals surface area contributed by atoms with Gasteiger partial charge in [0.2, 0.25) is 0 Å². The van der Waals surface area contributed by atoms with Gasteiger partial charge < -0.3 is 4.74 Å². The van der Waals surface area contributed by atoms with Gasteiger partial charge in [0.1, 0.15) is 11.3 Å². The average molecular weight is 546 g/mol. The molecular weight excluding hydrogens is 532 g/mol. The van der Waals surface area contributed by atoms with Crippen molar-refractivity contribution < 1.29 is 35.9 Å². The Bertz CT molecular complexity index is 1390. The van der Waals surface area contributed by atoms with Crippen molar-refractivity contribution in [3.8, 4) is 5.75 Å². The van der Waals surface area contributed by atoms with E-state index in [1.54, 1.807) is 24.3 Å². The maximum atomic E-state index is 13.5. The molecule has 0 unspecified atom stereocenters. The number of aromatic nitrogens is 2. The van der Waals surface area contributed by atoms with E-state index < -0.39 is 35.0 Å². The van der Waals surface area contributed by atoms with Gasteiger partial charge in [0.05, 0.1) is 34.5 Å². The molecule has 4 aromatic rings. The van der Waals surface area contributed by atoms with Crippen LogP contribution in [0.25, 0.3) is 10.2 Å². The molecule has 13 heteroatoms. The number of hydrogen-bond acceptors (Lipinski definition) is 5. The fourth-order valence-corrected chi connectivity index (χ4v) is 4.61. The van der Waals surface area contributed by atoms with E-state index in [4.69, 9.17) is 16.3 Å². The molecule has 5 nitrogen and oxygen atoms in total. The van der Waals surface area contributed by atoms with Gasteiger partial charge in [-0.25, -0.2) is 4.98 Å². The minimum absolute atomic E-state index is 0.00350. The lowest BCUT2D eigenvalue weighted by molar-refractivity contribution is -0.143. The Morgan fingerprint density at radius 2 is 1.72 bits per heavy atom. The third kappa shape index (κ3) is 5.24. The minimum atomic E-state index is -5.11. The van der Waals surface area contributed by atoms with Gasteiger partial charge in [-0.1, -0.05) is 29.0 Å². The lowest BCUT2D eigenvalue weighted by Crippen LogP contribution is -2.31. The Balaban J connectivity index is 1.89. The predicted molar refractivity (Wildman–Crippen MR) is 122 cm³/mol. The van der Waals surface area contributed by atoms with Gasteiger partial charge in [-0.05, 0) is 42.0 Å². The molecule has 0 radical (unpaired) electrons. The smallest absolute Gasteiger partial charge is 0.416 e. The third-order valence-electron chi connectivity index (χ3n) is 5.04. The monoisotopic (exact) mass is 545 g/mol. The van der Waals surface area contributed by atoms with Crippen molar-refractivity contribution in [2.24, 2.45) is 0 Å². The molecule has 2 heterocycles. The molecule has 4 rings (SSSR count). The van der Waals surface area contributed by atoms with E-state index >= 15 is 0 Å². The van der Waals surface area contributed by atoms with Crippen LogP contribution in [0.5, 0.6) is 5.75 Å². The second-order valence-corrected chi connectivity index (χ2v) is 8.86. The summed E-state index contributed by atoms with van der Waals surface area (Å²) in [5, 5.41) is 0.276. The Morgan fingerprint density at radius 1 is 1.06 bits per heavy atom. The summed E-state index contributed by atoms with van der Waals surface area (Å²) in [7, 11) is 1.39. The SMILES string of the molecule is COc1ccc(Cl)c2sc(N(Cc3cccnc3)C(=O)c3cc(C(F)(F)F)cc(C(F)(F)F)c3)nc12. The van der Waals surface area contributed by atoms with Crippen LogP contribution >= 0.6 is 22.9 Å². The first-order chi connectivity index (χ1) is 16.9. The lowest BCUT2D eigenvalue weighted by atomic mass is 10.0. The van der Waals surface area contributed by atoms with Gasteiger partial charge in [-0.15, -0.1) is 0 Å². The summed E-state index contributed by atoms with van der Waals surface area (Å²) in [5.41, 5.74) is -3.26. The highest BCUT2D eigenvalue weighted by Gasteiger charge is 2.38. The number of carbonyl (C=O) groups excluding carboxylic acids is 1. The molecular formula is C23H14ClF6N3O2S. The number of hydrogen-bond donors (Lipinski definition) is 0. The van der Waals surface area contributed by atoms with Crippen molar-refractivity contribution in [1.82, 2.24) is 9.97 Å². The second-order valence-electron chi connectivity index (χ2n) is 7.47. The van der Waals surface area contributed by atoms with Gasteiger partial charge in [0.15, 0.2) is 5.13 Å². The van der Waals surface area contributed by atoms with Crippen LogP contribution < -0.4 is 9.64 Å². The summed E-state index contributed by atoms with van der Waals surface area (Å²) in [6, 6.07) is 6.99. The molecule has 0 aliphatic heterocycles. The number of rotatable bonds is 5. The van der Waals surface area contributed by atoms with Crippen LogP contribution in [-0.2, 0) is 18.9 Å². The lowest BCUT2D eigenvalue weighted by Gasteiger charge is -2.21. The molecule has 2 aromatic heterocycles. The van der Waals surface area contributed by atoms with Crippen LogP contribution in [-0.4, -0.2) is 23.0 Å². The van der Waals surface area contributed by atoms with Crippen LogP contribution in [0.2, 0.25) is 5.02 Å². The van der Waals surface area contributed by atoms with Crippen molar-refractivity contribution in [2.45, 2.75) is 18.9 Å². The summed E-state index contributed by atoms with van der Waals surface area (Å²) in [5.74, 6) is -0.797. The molecule has 0 fully saturated rings. The van der Waals surface area contributed by atoms with Crippen molar-refractivity contribution in [1.29, 1.82) is 0 Å². The number of halogens is 7. The fourth-order valence-electron chi connectivity index (χ4n) is 3.36. The highest BCUT2D eigenvalue weighted by Crippen LogP contribution is 2.40. The van der Waals surface area contributed by atoms with Gasteiger partial charge >= 0.3 is 12.4 Å². The van der Waals surface area contributed by atoms with E-state index in [9.17, 15) is 31.1 Å². The van der Waals surface area contributed by atoms with Crippen molar-refractivity contribution in [2.75, 3.05) is 12.0 Å². The number of amides is 1. The number of alkyl halides is 6. The van der Waals surface area contributed by atoms with Gasteiger partial charge in [0, 0.05) is 18.0 Å². The average Bonchev–Trinajstić information content (AvgIpc) is 3.28. The molecule has 0 saturated carbocycles. The molecule has 1 amide bonds. The highest BCUT2D eigenvalue weighted by atomic mass is 35.5. The Morgan fingerprint density at radius 3 is 2.28 bits per heavy atom. The molecule has 0 aliphatic rings. The first kappa shape index (κ1) is 25.7. The maximum absolute atomic E-state index is 13.5. The van der Waals surface area contributed by atoms with Crippen molar-refractivity contribution in [3.63, 3.8) is 0 Å². The van der Waals surface area contributed by atoms with Crippen LogP contribution in [0, 0.1) is 0 Å². The van der Waals surface area contributed by atoms with E-state index in [1.165, 1.54) is 19.5 Å². The summed E-state index contributed by atoms with van der Waals surface area (Å²) < 4.78 is 86.1. The number of fused-ring (bicyclic) bond motifs is 1. The molecule has 36 heavy (non-hydrogen) atoms. The minimum Gasteiger partial charge on any atom is -0.494 e. The van der Waals surface area contributed by atoms with Crippen molar-refractivity contribution in [3.05, 3.63) is 82.1 Å². The molecule has 0 atom stereocenters. The summed E-state index contributed by atoms with van der Waals surface area (Å²) >= 11 is 7.19. The van der Waals surface area contributed by atoms with E-state index in [0.717, 1.165) is 16.2 Å². The summed E-state index contributed by atoms with van der Waals surface area (Å²) in [6.45, 7) is -0.232. The first-order valence-electron chi connectivity index (χ1n) is 10.0. The number of methoxy groups -OCH3 is 1. The fraction of sp³-hybridized carbons (Fsp3) is 0.174.